The average molecular weight is 269 g/mol. The number of hydrogen-bond acceptors (Lipinski definition) is 7. The zero-order valence-electron chi connectivity index (χ0n) is 10.6. The quantitative estimate of drug-likeness (QED) is 0.444. The maximum absolute atomic E-state index is 11.5. The summed E-state index contributed by atoms with van der Waals surface area (Å²) in [5, 5.41) is 13.9. The van der Waals surface area contributed by atoms with Crippen LogP contribution in [-0.4, -0.2) is 38.2 Å². The molecule has 0 fully saturated rings. The molecule has 8 heteroatoms. The normalized spacial score (nSPS) is 9.84. The Bertz CT molecular complexity index is 489. The second-order valence-electron chi connectivity index (χ2n) is 3.51. The molecule has 0 amide bonds. The molecule has 3 N–H and O–H groups in total. The van der Waals surface area contributed by atoms with E-state index in [2.05, 4.69) is 10.1 Å². The van der Waals surface area contributed by atoms with E-state index in [4.69, 9.17) is 10.5 Å². The van der Waals surface area contributed by atoms with Crippen molar-refractivity contribution in [2.24, 2.45) is 5.73 Å². The second-order valence-corrected chi connectivity index (χ2v) is 3.51. The van der Waals surface area contributed by atoms with Gasteiger partial charge >= 0.3 is 11.7 Å². The Balaban J connectivity index is 3.38. The number of anilines is 1. The minimum absolute atomic E-state index is 0.00463. The number of nitro benzene ring substituents is 1. The van der Waals surface area contributed by atoms with E-state index in [1.165, 1.54) is 26.4 Å². The van der Waals surface area contributed by atoms with Crippen LogP contribution in [0.25, 0.3) is 0 Å². The molecule has 1 rings (SSSR count). The van der Waals surface area contributed by atoms with Crippen LogP contribution in [0.5, 0.6) is 5.75 Å². The van der Waals surface area contributed by atoms with Gasteiger partial charge in [0.05, 0.1) is 19.1 Å². The Kier molecular flexibility index (Phi) is 5.07. The molecule has 0 bridgehead atoms. The number of hydrogen-bond donors (Lipinski definition) is 2. The largest absolute Gasteiger partial charge is 0.489 e. The lowest BCUT2D eigenvalue weighted by atomic mass is 10.1. The maximum atomic E-state index is 11.5. The van der Waals surface area contributed by atoms with Crippen LogP contribution in [0.3, 0.4) is 0 Å². The molecule has 8 nitrogen and oxygen atoms in total. The fourth-order valence-electron chi connectivity index (χ4n) is 1.58. The molecule has 0 heterocycles. The molecule has 0 atom stereocenters. The highest BCUT2D eigenvalue weighted by atomic mass is 16.6. The van der Waals surface area contributed by atoms with E-state index in [0.717, 1.165) is 0 Å². The summed E-state index contributed by atoms with van der Waals surface area (Å²) < 4.78 is 9.52. The maximum Gasteiger partial charge on any atom is 0.341 e. The predicted octanol–water partition coefficient (Wildman–Crippen LogP) is 0.761. The third kappa shape index (κ3) is 3.10. The van der Waals surface area contributed by atoms with Gasteiger partial charge in [0, 0.05) is 13.1 Å². The van der Waals surface area contributed by atoms with Crippen molar-refractivity contribution >= 4 is 17.3 Å². The highest BCUT2D eigenvalue weighted by molar-refractivity contribution is 5.95. The van der Waals surface area contributed by atoms with Gasteiger partial charge in [-0.25, -0.2) is 4.79 Å². The molecule has 0 aliphatic carbocycles. The summed E-state index contributed by atoms with van der Waals surface area (Å²) in [6.07, 6.45) is 0. The molecule has 0 aromatic heterocycles. The minimum Gasteiger partial charge on any atom is -0.489 e. The fourth-order valence-corrected chi connectivity index (χ4v) is 1.58. The van der Waals surface area contributed by atoms with Crippen LogP contribution in [-0.2, 0) is 4.74 Å². The van der Waals surface area contributed by atoms with Gasteiger partial charge in [-0.05, 0) is 12.1 Å². The van der Waals surface area contributed by atoms with E-state index in [1.807, 2.05) is 0 Å². The first-order valence-electron chi connectivity index (χ1n) is 5.44. The lowest BCUT2D eigenvalue weighted by Gasteiger charge is -2.11. The summed E-state index contributed by atoms with van der Waals surface area (Å²) in [7, 11) is 2.44. The number of ether oxygens (including phenoxy) is 2. The van der Waals surface area contributed by atoms with Crippen LogP contribution in [0.15, 0.2) is 12.1 Å². The zero-order valence-corrected chi connectivity index (χ0v) is 10.6. The number of nitro groups is 1. The molecule has 0 radical (unpaired) electrons. The van der Waals surface area contributed by atoms with Gasteiger partial charge in [-0.1, -0.05) is 0 Å². The topological polar surface area (TPSA) is 117 Å². The first kappa shape index (κ1) is 14.7. The molecule has 0 aliphatic rings. The number of nitrogens with one attached hydrogen (secondary N) is 1. The first-order valence-corrected chi connectivity index (χ1v) is 5.44. The predicted molar refractivity (Wildman–Crippen MR) is 68.5 cm³/mol. The molecular formula is C11H15N3O5. The van der Waals surface area contributed by atoms with Gasteiger partial charge in [0.1, 0.15) is 11.3 Å². The van der Waals surface area contributed by atoms with Crippen LogP contribution >= 0.6 is 0 Å². The van der Waals surface area contributed by atoms with Gasteiger partial charge < -0.3 is 20.5 Å². The van der Waals surface area contributed by atoms with Crippen LogP contribution < -0.4 is 15.8 Å². The number of methoxy groups -OCH3 is 2. The van der Waals surface area contributed by atoms with Crippen LogP contribution in [0.4, 0.5) is 11.4 Å². The molecular weight excluding hydrogens is 254 g/mol. The van der Waals surface area contributed by atoms with Crippen molar-refractivity contribution in [3.8, 4) is 5.75 Å². The summed E-state index contributed by atoms with van der Waals surface area (Å²) in [5.41, 5.74) is 5.25. The molecule has 0 aliphatic heterocycles. The van der Waals surface area contributed by atoms with Gasteiger partial charge in [0.25, 0.3) is 0 Å². The summed E-state index contributed by atoms with van der Waals surface area (Å²) >= 11 is 0. The van der Waals surface area contributed by atoms with Gasteiger partial charge in [-0.3, -0.25) is 10.1 Å². The van der Waals surface area contributed by atoms with Crippen LogP contribution in [0.2, 0.25) is 0 Å². The number of nitrogens with two attached hydrogens (primary N) is 1. The van der Waals surface area contributed by atoms with Crippen molar-refractivity contribution in [3.63, 3.8) is 0 Å². The molecule has 1 aromatic rings. The lowest BCUT2D eigenvalue weighted by Crippen LogP contribution is -2.15. The Labute approximate surface area is 109 Å². The first-order chi connectivity index (χ1) is 9.06. The van der Waals surface area contributed by atoms with E-state index in [1.54, 1.807) is 0 Å². The number of rotatable bonds is 6. The van der Waals surface area contributed by atoms with E-state index in [9.17, 15) is 14.9 Å². The van der Waals surface area contributed by atoms with Crippen LogP contribution in [0, 0.1) is 10.1 Å². The highest BCUT2D eigenvalue weighted by Crippen LogP contribution is 2.38. The minimum atomic E-state index is -0.703. The van der Waals surface area contributed by atoms with Gasteiger partial charge in [0.15, 0.2) is 0 Å². The molecule has 0 spiro atoms. The Hall–Kier alpha value is -2.35. The smallest absolute Gasteiger partial charge is 0.341 e. The van der Waals surface area contributed by atoms with Crippen molar-refractivity contribution in [2.45, 2.75) is 0 Å². The lowest BCUT2D eigenvalue weighted by molar-refractivity contribution is -0.384. The van der Waals surface area contributed by atoms with Crippen LogP contribution in [0.1, 0.15) is 10.4 Å². The summed E-state index contributed by atoms with van der Waals surface area (Å²) in [5.74, 6) is -0.843. The fraction of sp³-hybridized carbons (Fsp3) is 0.364. The van der Waals surface area contributed by atoms with E-state index in [0.29, 0.717) is 13.1 Å². The number of carbonyl (C=O) groups excluding carboxylic acids is 1. The number of nitrogens with zero attached hydrogens (tertiary/aromatic N) is 1. The standard InChI is InChI=1S/C11H15N3O5/c1-18-10-7(11(15)19-2)3-4-8(13-6-5-12)9(10)14(16)17/h3-4,13H,5-6,12H2,1-2H3. The zero-order chi connectivity index (χ0) is 14.4. The Morgan fingerprint density at radius 1 is 1.47 bits per heavy atom. The van der Waals surface area contributed by atoms with E-state index in [-0.39, 0.29) is 22.7 Å². The highest BCUT2D eigenvalue weighted by Gasteiger charge is 2.27. The van der Waals surface area contributed by atoms with E-state index >= 15 is 0 Å². The molecule has 0 saturated carbocycles. The third-order valence-electron chi connectivity index (χ3n) is 2.38. The van der Waals surface area contributed by atoms with E-state index < -0.39 is 10.9 Å². The summed E-state index contributed by atoms with van der Waals surface area (Å²) in [4.78, 5) is 22.0. The molecule has 0 saturated heterocycles. The third-order valence-corrected chi connectivity index (χ3v) is 2.38. The monoisotopic (exact) mass is 269 g/mol. The number of esters is 1. The summed E-state index contributed by atoms with van der Waals surface area (Å²) in [6.45, 7) is 0.680. The molecule has 0 unspecified atom stereocenters. The Morgan fingerprint density at radius 3 is 2.63 bits per heavy atom. The molecule has 104 valence electrons. The second kappa shape index (κ2) is 6.55. The molecule has 19 heavy (non-hydrogen) atoms. The summed E-state index contributed by atoms with van der Waals surface area (Å²) in [6, 6.07) is 2.82. The van der Waals surface area contributed by atoms with Crippen molar-refractivity contribution in [2.75, 3.05) is 32.6 Å². The SMILES string of the molecule is COC(=O)c1ccc(NCCN)c([N+](=O)[O-])c1OC. The average Bonchev–Trinajstić information content (AvgIpc) is 2.42. The van der Waals surface area contributed by atoms with Crippen molar-refractivity contribution in [1.29, 1.82) is 0 Å². The van der Waals surface area contributed by atoms with Gasteiger partial charge in [-0.15, -0.1) is 0 Å². The van der Waals surface area contributed by atoms with Crippen molar-refractivity contribution < 1.29 is 19.2 Å². The number of carbonyl (C=O) groups is 1. The molecule has 1 aromatic carbocycles. The van der Waals surface area contributed by atoms with Crippen molar-refractivity contribution in [1.82, 2.24) is 0 Å². The van der Waals surface area contributed by atoms with Gasteiger partial charge in [0.2, 0.25) is 5.75 Å². The number of benzene rings is 1. The van der Waals surface area contributed by atoms with Crippen molar-refractivity contribution in [3.05, 3.63) is 27.8 Å². The van der Waals surface area contributed by atoms with Gasteiger partial charge in [-0.2, -0.15) is 0 Å². The Morgan fingerprint density at radius 2 is 2.16 bits per heavy atom.